The Balaban J connectivity index is 2.48. The van der Waals surface area contributed by atoms with E-state index in [-0.39, 0.29) is 0 Å². The fourth-order valence-corrected chi connectivity index (χ4v) is 2.20. The minimum atomic E-state index is -1.73. The van der Waals surface area contributed by atoms with Crippen LogP contribution in [0.3, 0.4) is 0 Å². The first kappa shape index (κ1) is 13.0. The number of hydrogen-bond acceptors (Lipinski definition) is 4. The van der Waals surface area contributed by atoms with E-state index in [1.807, 2.05) is 50.1 Å². The van der Waals surface area contributed by atoms with Crippen LogP contribution >= 0.6 is 0 Å². The molecule has 0 aliphatic carbocycles. The number of benzene rings is 1. The predicted octanol–water partition coefficient (Wildman–Crippen LogP) is 1.92. The van der Waals surface area contributed by atoms with Gasteiger partial charge in [0.25, 0.3) is 11.3 Å². The molecule has 0 amide bonds. The Kier molecular flexibility index (Phi) is 3.41. The van der Waals surface area contributed by atoms with Crippen molar-refractivity contribution in [2.45, 2.75) is 19.4 Å². The standard InChI is InChI=1S/C12H16N2O3S/c1-12(2)11(13-18(15)16-4)17-10-8-6-5-7-9(10)14(12)3/h5-8H,1-4H3/b13-11+. The monoisotopic (exact) mass is 268 g/mol. The lowest BCUT2D eigenvalue weighted by molar-refractivity contribution is 0.428. The van der Waals surface area contributed by atoms with Crippen molar-refractivity contribution in [3.63, 3.8) is 0 Å². The van der Waals surface area contributed by atoms with Crippen LogP contribution in [0.15, 0.2) is 28.7 Å². The van der Waals surface area contributed by atoms with Gasteiger partial charge in [-0.1, -0.05) is 12.1 Å². The van der Waals surface area contributed by atoms with Gasteiger partial charge in [-0.05, 0) is 26.0 Å². The summed E-state index contributed by atoms with van der Waals surface area (Å²) in [6.07, 6.45) is 0. The SMILES string of the molecule is COS(=O)/N=C1/Oc2ccccc2N(C)C1(C)C. The Morgan fingerprint density at radius 3 is 2.72 bits per heavy atom. The van der Waals surface area contributed by atoms with E-state index in [0.29, 0.717) is 11.6 Å². The summed E-state index contributed by atoms with van der Waals surface area (Å²) in [4.78, 5) is 2.04. The number of anilines is 1. The highest BCUT2D eigenvalue weighted by Crippen LogP contribution is 2.37. The van der Waals surface area contributed by atoms with Crippen LogP contribution in [0.5, 0.6) is 5.75 Å². The Labute approximate surface area is 109 Å². The van der Waals surface area contributed by atoms with Crippen LogP contribution in [0.2, 0.25) is 0 Å². The van der Waals surface area contributed by atoms with Crippen LogP contribution in [-0.2, 0) is 15.4 Å². The molecule has 1 atom stereocenters. The third-order valence-corrected chi connectivity index (χ3v) is 3.70. The first-order valence-electron chi connectivity index (χ1n) is 5.53. The van der Waals surface area contributed by atoms with Crippen LogP contribution in [0, 0.1) is 0 Å². The first-order chi connectivity index (χ1) is 8.46. The molecule has 1 aliphatic heterocycles. The van der Waals surface area contributed by atoms with Crippen LogP contribution in [0.4, 0.5) is 5.69 Å². The maximum Gasteiger partial charge on any atom is 0.287 e. The van der Waals surface area contributed by atoms with Crippen molar-refractivity contribution in [2.24, 2.45) is 4.40 Å². The minimum Gasteiger partial charge on any atom is -0.437 e. The smallest absolute Gasteiger partial charge is 0.287 e. The normalized spacial score (nSPS) is 21.3. The molecule has 0 fully saturated rings. The maximum absolute atomic E-state index is 11.4. The molecular formula is C12H16N2O3S. The zero-order valence-corrected chi connectivity index (χ0v) is 11.7. The quantitative estimate of drug-likeness (QED) is 0.822. The number of nitrogens with zero attached hydrogens (tertiary/aromatic N) is 2. The number of para-hydroxylation sites is 2. The molecule has 2 rings (SSSR count). The van der Waals surface area contributed by atoms with Crippen LogP contribution in [0.1, 0.15) is 13.8 Å². The molecule has 0 saturated heterocycles. The van der Waals surface area contributed by atoms with Crippen LogP contribution < -0.4 is 9.64 Å². The van der Waals surface area contributed by atoms with E-state index in [4.69, 9.17) is 4.74 Å². The summed E-state index contributed by atoms with van der Waals surface area (Å²) in [5, 5.41) is 0. The third-order valence-electron chi connectivity index (χ3n) is 3.10. The highest BCUT2D eigenvalue weighted by molar-refractivity contribution is 7.78. The second kappa shape index (κ2) is 4.70. The number of fused-ring (bicyclic) bond motifs is 1. The van der Waals surface area contributed by atoms with Crippen molar-refractivity contribution in [3.8, 4) is 5.75 Å². The molecule has 6 heteroatoms. The Hall–Kier alpha value is -1.40. The van der Waals surface area contributed by atoms with Crippen molar-refractivity contribution < 1.29 is 13.1 Å². The fraction of sp³-hybridized carbons (Fsp3) is 0.417. The zero-order valence-electron chi connectivity index (χ0n) is 10.8. The van der Waals surface area contributed by atoms with Gasteiger partial charge in [-0.15, -0.1) is 4.40 Å². The van der Waals surface area contributed by atoms with Gasteiger partial charge in [0.1, 0.15) is 5.54 Å². The molecule has 98 valence electrons. The Morgan fingerprint density at radius 1 is 1.39 bits per heavy atom. The summed E-state index contributed by atoms with van der Waals surface area (Å²) < 4.78 is 25.7. The summed E-state index contributed by atoms with van der Waals surface area (Å²) >= 11 is -1.73. The topological polar surface area (TPSA) is 51.1 Å². The largest absolute Gasteiger partial charge is 0.437 e. The summed E-state index contributed by atoms with van der Waals surface area (Å²) in [6.45, 7) is 3.91. The van der Waals surface area contributed by atoms with E-state index in [9.17, 15) is 4.21 Å². The molecule has 0 saturated carbocycles. The van der Waals surface area contributed by atoms with E-state index in [1.165, 1.54) is 7.11 Å². The van der Waals surface area contributed by atoms with Crippen molar-refractivity contribution >= 4 is 22.9 Å². The van der Waals surface area contributed by atoms with E-state index in [2.05, 4.69) is 8.58 Å². The van der Waals surface area contributed by atoms with Gasteiger partial charge in [0, 0.05) is 7.05 Å². The molecule has 5 nitrogen and oxygen atoms in total. The van der Waals surface area contributed by atoms with Crippen molar-refractivity contribution in [1.82, 2.24) is 0 Å². The van der Waals surface area contributed by atoms with Gasteiger partial charge in [-0.25, -0.2) is 4.21 Å². The Bertz CT molecular complexity index is 514. The molecule has 0 spiro atoms. The zero-order chi connectivity index (χ0) is 13.3. The van der Waals surface area contributed by atoms with Crippen molar-refractivity contribution in [1.29, 1.82) is 0 Å². The lowest BCUT2D eigenvalue weighted by Crippen LogP contribution is -2.53. The molecule has 0 aromatic heterocycles. The second-order valence-electron chi connectivity index (χ2n) is 4.47. The summed E-state index contributed by atoms with van der Waals surface area (Å²) in [6, 6.07) is 7.66. The molecule has 1 unspecified atom stereocenters. The van der Waals surface area contributed by atoms with Crippen LogP contribution in [0.25, 0.3) is 0 Å². The number of ether oxygens (including phenoxy) is 1. The van der Waals surface area contributed by atoms with E-state index < -0.39 is 16.8 Å². The van der Waals surface area contributed by atoms with Crippen molar-refractivity contribution in [3.05, 3.63) is 24.3 Å². The maximum atomic E-state index is 11.4. The third kappa shape index (κ3) is 2.13. The molecule has 18 heavy (non-hydrogen) atoms. The highest BCUT2D eigenvalue weighted by Gasteiger charge is 2.38. The molecular weight excluding hydrogens is 252 g/mol. The van der Waals surface area contributed by atoms with E-state index in [1.54, 1.807) is 0 Å². The number of likely N-dealkylation sites (N-methyl/N-ethyl adjacent to an activating group) is 1. The highest BCUT2D eigenvalue weighted by atomic mass is 32.2. The van der Waals surface area contributed by atoms with Gasteiger partial charge in [0.2, 0.25) is 5.90 Å². The molecule has 0 N–H and O–H groups in total. The van der Waals surface area contributed by atoms with Gasteiger partial charge in [0.15, 0.2) is 5.75 Å². The second-order valence-corrected chi connectivity index (χ2v) is 5.42. The Morgan fingerprint density at radius 2 is 2.06 bits per heavy atom. The summed E-state index contributed by atoms with van der Waals surface area (Å²) in [5.74, 6) is 1.08. The fourth-order valence-electron chi connectivity index (χ4n) is 1.73. The van der Waals surface area contributed by atoms with Gasteiger partial charge < -0.3 is 9.64 Å². The number of hydrogen-bond donors (Lipinski definition) is 0. The van der Waals surface area contributed by atoms with Gasteiger partial charge >= 0.3 is 0 Å². The van der Waals surface area contributed by atoms with E-state index >= 15 is 0 Å². The average molecular weight is 268 g/mol. The lowest BCUT2D eigenvalue weighted by Gasteiger charge is -2.41. The molecule has 1 heterocycles. The molecule has 1 aliphatic rings. The average Bonchev–Trinajstić information content (AvgIpc) is 2.36. The number of rotatable bonds is 2. The van der Waals surface area contributed by atoms with Crippen molar-refractivity contribution in [2.75, 3.05) is 19.1 Å². The predicted molar refractivity (Wildman–Crippen MR) is 72.1 cm³/mol. The first-order valence-corrected chi connectivity index (χ1v) is 6.56. The van der Waals surface area contributed by atoms with Gasteiger partial charge in [0.05, 0.1) is 12.8 Å². The molecule has 1 aromatic rings. The molecule has 0 radical (unpaired) electrons. The van der Waals surface area contributed by atoms with Gasteiger partial charge in [-0.2, -0.15) is 0 Å². The van der Waals surface area contributed by atoms with Gasteiger partial charge in [-0.3, -0.25) is 4.18 Å². The summed E-state index contributed by atoms with van der Waals surface area (Å²) in [5.41, 5.74) is 0.493. The molecule has 1 aromatic carbocycles. The van der Waals surface area contributed by atoms with Crippen LogP contribution in [-0.4, -0.2) is 29.8 Å². The molecule has 0 bridgehead atoms. The minimum absolute atomic E-state index is 0.379. The lowest BCUT2D eigenvalue weighted by atomic mass is 10.00. The van der Waals surface area contributed by atoms with E-state index in [0.717, 1.165) is 5.69 Å². The summed E-state index contributed by atoms with van der Waals surface area (Å²) in [7, 11) is 3.29.